The van der Waals surface area contributed by atoms with E-state index >= 15 is 0 Å². The molecule has 0 amide bonds. The van der Waals surface area contributed by atoms with E-state index in [-0.39, 0.29) is 6.10 Å². The van der Waals surface area contributed by atoms with Gasteiger partial charge in [-0.3, -0.25) is 0 Å². The van der Waals surface area contributed by atoms with Gasteiger partial charge in [-0.15, -0.1) is 0 Å². The van der Waals surface area contributed by atoms with E-state index < -0.39 is 0 Å². The first-order chi connectivity index (χ1) is 4.29. The summed E-state index contributed by atoms with van der Waals surface area (Å²) in [6.07, 6.45) is -0.294. The largest absolute Gasteiger partial charge is 0.389 e. The van der Waals surface area contributed by atoms with Crippen molar-refractivity contribution in [2.45, 2.75) is 6.10 Å². The van der Waals surface area contributed by atoms with Crippen molar-refractivity contribution in [2.75, 3.05) is 33.4 Å². The number of β-amino-alcohol motifs (C(OH)–C–C–N with tert-alkyl or cyclic N) is 1. The van der Waals surface area contributed by atoms with Gasteiger partial charge in [-0.25, -0.2) is 0 Å². The minimum absolute atomic E-state index is 0.294. The van der Waals surface area contributed by atoms with Gasteiger partial charge in [-0.1, -0.05) is 0 Å². The Bertz CT molecular complexity index is 77.1. The monoisotopic (exact) mass is 131 g/mol. The summed E-state index contributed by atoms with van der Waals surface area (Å²) in [7, 11) is 1.98. The number of likely N-dealkylation sites (N-methyl/N-ethyl adjacent to an activating group) is 1. The molecule has 1 rings (SSSR count). The molecule has 0 aromatic carbocycles. The quantitative estimate of drug-likeness (QED) is 0.472. The first-order valence-corrected chi connectivity index (χ1v) is 3.23. The van der Waals surface area contributed by atoms with Crippen molar-refractivity contribution in [1.82, 2.24) is 4.90 Å². The highest BCUT2D eigenvalue weighted by molar-refractivity contribution is 4.63. The van der Waals surface area contributed by atoms with E-state index in [0.29, 0.717) is 6.61 Å². The van der Waals surface area contributed by atoms with Crippen molar-refractivity contribution in [2.24, 2.45) is 0 Å². The molecule has 1 saturated heterocycles. The van der Waals surface area contributed by atoms with E-state index in [1.165, 1.54) is 0 Å². The van der Waals surface area contributed by atoms with Crippen LogP contribution in [0, 0.1) is 0 Å². The van der Waals surface area contributed by atoms with Gasteiger partial charge in [0.25, 0.3) is 0 Å². The molecule has 0 radical (unpaired) electrons. The Hall–Kier alpha value is -0.120. The van der Waals surface area contributed by atoms with Gasteiger partial charge in [-0.2, -0.15) is 0 Å². The molecule has 3 nitrogen and oxygen atoms in total. The molecular formula is C6H13NO2. The number of nitrogens with zero attached hydrogens (tertiary/aromatic N) is 1. The Kier molecular flexibility index (Phi) is 2.45. The van der Waals surface area contributed by atoms with Gasteiger partial charge in [0.05, 0.1) is 19.3 Å². The van der Waals surface area contributed by atoms with Crippen LogP contribution in [0.15, 0.2) is 0 Å². The van der Waals surface area contributed by atoms with Crippen molar-refractivity contribution >= 4 is 0 Å². The maximum atomic E-state index is 9.09. The number of aliphatic hydroxyl groups excluding tert-OH is 1. The second kappa shape index (κ2) is 3.15. The molecule has 0 aromatic rings. The predicted octanol–water partition coefficient (Wildman–Crippen LogP) is -0.691. The molecule has 0 aliphatic carbocycles. The number of ether oxygens (including phenoxy) is 1. The van der Waals surface area contributed by atoms with Crippen LogP contribution in [0.1, 0.15) is 0 Å². The van der Waals surface area contributed by atoms with Gasteiger partial charge in [-0.05, 0) is 7.05 Å². The minimum atomic E-state index is -0.294. The topological polar surface area (TPSA) is 32.7 Å². The van der Waals surface area contributed by atoms with Crippen molar-refractivity contribution in [3.63, 3.8) is 0 Å². The maximum absolute atomic E-state index is 9.09. The smallest absolute Gasteiger partial charge is 0.0900 e. The van der Waals surface area contributed by atoms with Crippen molar-refractivity contribution in [3.8, 4) is 0 Å². The molecule has 0 unspecified atom stereocenters. The third-order valence-electron chi connectivity index (χ3n) is 1.45. The summed E-state index contributed by atoms with van der Waals surface area (Å²) < 4.78 is 5.09. The zero-order valence-electron chi connectivity index (χ0n) is 5.71. The Labute approximate surface area is 55.2 Å². The number of rotatable bonds is 0. The molecule has 0 spiro atoms. The fourth-order valence-corrected chi connectivity index (χ4v) is 0.944. The molecule has 1 aliphatic rings. The lowest BCUT2D eigenvalue weighted by atomic mass is 10.4. The fourth-order valence-electron chi connectivity index (χ4n) is 0.944. The fraction of sp³-hybridized carbons (Fsp3) is 1.00. The Morgan fingerprint density at radius 2 is 2.44 bits per heavy atom. The van der Waals surface area contributed by atoms with E-state index in [0.717, 1.165) is 19.7 Å². The van der Waals surface area contributed by atoms with Crippen LogP contribution < -0.4 is 0 Å². The van der Waals surface area contributed by atoms with Crippen LogP contribution >= 0.6 is 0 Å². The summed E-state index contributed by atoms with van der Waals surface area (Å²) in [5.74, 6) is 0. The second-order valence-corrected chi connectivity index (χ2v) is 2.49. The molecule has 1 aliphatic heterocycles. The van der Waals surface area contributed by atoms with Crippen molar-refractivity contribution in [1.29, 1.82) is 0 Å². The highest BCUT2D eigenvalue weighted by Crippen LogP contribution is 1.95. The van der Waals surface area contributed by atoms with Crippen LogP contribution in [0.25, 0.3) is 0 Å². The molecule has 54 valence electrons. The molecule has 3 heteroatoms. The van der Waals surface area contributed by atoms with Crippen molar-refractivity contribution < 1.29 is 9.84 Å². The van der Waals surface area contributed by atoms with Crippen LogP contribution in [0.3, 0.4) is 0 Å². The van der Waals surface area contributed by atoms with E-state index in [2.05, 4.69) is 4.90 Å². The molecule has 0 saturated carbocycles. The molecular weight excluding hydrogens is 118 g/mol. The molecule has 1 N–H and O–H groups in total. The third-order valence-corrected chi connectivity index (χ3v) is 1.45. The van der Waals surface area contributed by atoms with Crippen LogP contribution in [-0.2, 0) is 4.74 Å². The number of aliphatic hydroxyl groups is 1. The van der Waals surface area contributed by atoms with E-state index in [1.54, 1.807) is 0 Å². The lowest BCUT2D eigenvalue weighted by Gasteiger charge is -2.13. The molecule has 1 heterocycles. The minimum Gasteiger partial charge on any atom is -0.389 e. The average Bonchev–Trinajstić information content (AvgIpc) is 1.93. The third kappa shape index (κ3) is 2.30. The first-order valence-electron chi connectivity index (χ1n) is 3.23. The SMILES string of the molecule is CN1CCOC[C@H](O)C1. The van der Waals surface area contributed by atoms with Crippen molar-refractivity contribution in [3.05, 3.63) is 0 Å². The molecule has 0 bridgehead atoms. The summed E-state index contributed by atoms with van der Waals surface area (Å²) in [6.45, 7) is 2.90. The van der Waals surface area contributed by atoms with Gasteiger partial charge in [0.1, 0.15) is 0 Å². The normalized spacial score (nSPS) is 32.0. The number of hydrogen-bond donors (Lipinski definition) is 1. The van der Waals surface area contributed by atoms with Gasteiger partial charge >= 0.3 is 0 Å². The Morgan fingerprint density at radius 1 is 1.67 bits per heavy atom. The van der Waals surface area contributed by atoms with Crippen LogP contribution in [0.5, 0.6) is 0 Å². The van der Waals surface area contributed by atoms with Gasteiger partial charge in [0.15, 0.2) is 0 Å². The summed E-state index contributed by atoms with van der Waals surface area (Å²) in [4.78, 5) is 2.07. The van der Waals surface area contributed by atoms with Gasteiger partial charge in [0.2, 0.25) is 0 Å². The molecule has 0 aromatic heterocycles. The Morgan fingerprint density at radius 3 is 3.22 bits per heavy atom. The molecule has 1 fully saturated rings. The standard InChI is InChI=1S/C6H13NO2/c1-7-2-3-9-5-6(8)4-7/h6,8H,2-5H2,1H3/t6-/m1/s1. The lowest BCUT2D eigenvalue weighted by Crippen LogP contribution is -2.28. The highest BCUT2D eigenvalue weighted by atomic mass is 16.5. The van der Waals surface area contributed by atoms with Crippen LogP contribution in [-0.4, -0.2) is 49.5 Å². The van der Waals surface area contributed by atoms with E-state index in [9.17, 15) is 0 Å². The van der Waals surface area contributed by atoms with Gasteiger partial charge in [0, 0.05) is 13.1 Å². The van der Waals surface area contributed by atoms with Gasteiger partial charge < -0.3 is 14.7 Å². The highest BCUT2D eigenvalue weighted by Gasteiger charge is 2.11. The summed E-state index contributed by atoms with van der Waals surface area (Å²) in [5.41, 5.74) is 0. The van der Waals surface area contributed by atoms with E-state index in [4.69, 9.17) is 9.84 Å². The zero-order chi connectivity index (χ0) is 6.69. The van der Waals surface area contributed by atoms with Crippen LogP contribution in [0.2, 0.25) is 0 Å². The lowest BCUT2D eigenvalue weighted by molar-refractivity contribution is 0.0573. The molecule has 9 heavy (non-hydrogen) atoms. The predicted molar refractivity (Wildman–Crippen MR) is 34.3 cm³/mol. The number of hydrogen-bond acceptors (Lipinski definition) is 3. The molecule has 1 atom stereocenters. The average molecular weight is 131 g/mol. The second-order valence-electron chi connectivity index (χ2n) is 2.49. The first kappa shape index (κ1) is 6.99. The van der Waals surface area contributed by atoms with Crippen LogP contribution in [0.4, 0.5) is 0 Å². The summed E-state index contributed by atoms with van der Waals surface area (Å²) in [6, 6.07) is 0. The maximum Gasteiger partial charge on any atom is 0.0900 e. The van der Waals surface area contributed by atoms with E-state index in [1.807, 2.05) is 7.05 Å². The summed E-state index contributed by atoms with van der Waals surface area (Å²) in [5, 5.41) is 9.09. The zero-order valence-corrected chi connectivity index (χ0v) is 5.71. The Balaban J connectivity index is 2.29. The summed E-state index contributed by atoms with van der Waals surface area (Å²) >= 11 is 0.